The first-order valence-corrected chi connectivity index (χ1v) is 4.62. The van der Waals surface area contributed by atoms with E-state index >= 15 is 0 Å². The second-order valence-electron chi connectivity index (χ2n) is 3.42. The van der Waals surface area contributed by atoms with E-state index in [1.54, 1.807) is 19.1 Å². The number of aryl methyl sites for hydroxylation is 1. The standard InChI is InChI=1S/C11H15NO2/c1-8-3-5-10(6-4-8)11(14)12-9(2)7-13/h3-6,9,13H,7H2,1-2H3,(H,12,14)/t9-/m1/s1. The molecule has 0 saturated heterocycles. The molecule has 0 unspecified atom stereocenters. The molecular weight excluding hydrogens is 178 g/mol. The van der Waals surface area contributed by atoms with Gasteiger partial charge >= 0.3 is 0 Å². The summed E-state index contributed by atoms with van der Waals surface area (Å²) in [6.45, 7) is 3.68. The van der Waals surface area contributed by atoms with E-state index in [1.165, 1.54) is 0 Å². The number of aliphatic hydroxyl groups excluding tert-OH is 1. The third kappa shape index (κ3) is 2.85. The summed E-state index contributed by atoms with van der Waals surface area (Å²) >= 11 is 0. The third-order valence-electron chi connectivity index (χ3n) is 1.97. The Morgan fingerprint density at radius 1 is 1.43 bits per heavy atom. The number of carbonyl (C=O) groups excluding carboxylic acids is 1. The van der Waals surface area contributed by atoms with E-state index in [2.05, 4.69) is 5.32 Å². The molecule has 0 aromatic heterocycles. The van der Waals surface area contributed by atoms with Crippen molar-refractivity contribution in [3.63, 3.8) is 0 Å². The highest BCUT2D eigenvalue weighted by Crippen LogP contribution is 2.02. The molecule has 1 atom stereocenters. The largest absolute Gasteiger partial charge is 0.394 e. The van der Waals surface area contributed by atoms with E-state index < -0.39 is 0 Å². The molecule has 0 aliphatic rings. The molecule has 14 heavy (non-hydrogen) atoms. The Bertz CT molecular complexity index is 306. The van der Waals surface area contributed by atoms with Crippen LogP contribution in [0.1, 0.15) is 22.8 Å². The summed E-state index contributed by atoms with van der Waals surface area (Å²) < 4.78 is 0. The van der Waals surface area contributed by atoms with Gasteiger partial charge in [0.25, 0.3) is 5.91 Å². The lowest BCUT2D eigenvalue weighted by Crippen LogP contribution is -2.34. The van der Waals surface area contributed by atoms with Crippen LogP contribution in [0, 0.1) is 6.92 Å². The molecule has 1 aromatic rings. The molecule has 0 radical (unpaired) electrons. The second-order valence-corrected chi connectivity index (χ2v) is 3.42. The number of aliphatic hydroxyl groups is 1. The smallest absolute Gasteiger partial charge is 0.251 e. The van der Waals surface area contributed by atoms with E-state index in [9.17, 15) is 4.79 Å². The van der Waals surface area contributed by atoms with E-state index in [0.29, 0.717) is 5.56 Å². The number of hydrogen-bond acceptors (Lipinski definition) is 2. The zero-order chi connectivity index (χ0) is 10.6. The molecule has 0 aliphatic heterocycles. The van der Waals surface area contributed by atoms with Crippen LogP contribution in [-0.4, -0.2) is 23.7 Å². The molecule has 1 amide bonds. The number of benzene rings is 1. The number of hydrogen-bond donors (Lipinski definition) is 2. The molecular formula is C11H15NO2. The summed E-state index contributed by atoms with van der Waals surface area (Å²) in [6.07, 6.45) is 0. The van der Waals surface area contributed by atoms with Crippen molar-refractivity contribution in [2.45, 2.75) is 19.9 Å². The highest BCUT2D eigenvalue weighted by molar-refractivity contribution is 5.94. The molecule has 1 rings (SSSR count). The summed E-state index contributed by atoms with van der Waals surface area (Å²) in [4.78, 5) is 11.5. The van der Waals surface area contributed by atoms with Crippen LogP contribution in [0.3, 0.4) is 0 Å². The number of rotatable bonds is 3. The minimum atomic E-state index is -0.205. The van der Waals surface area contributed by atoms with Crippen LogP contribution >= 0.6 is 0 Å². The molecule has 0 fully saturated rings. The second kappa shape index (κ2) is 4.77. The third-order valence-corrected chi connectivity index (χ3v) is 1.97. The zero-order valence-corrected chi connectivity index (χ0v) is 8.45. The monoisotopic (exact) mass is 193 g/mol. The number of amides is 1. The number of carbonyl (C=O) groups is 1. The van der Waals surface area contributed by atoms with Crippen LogP contribution < -0.4 is 5.32 Å². The fraction of sp³-hybridized carbons (Fsp3) is 0.364. The first-order valence-electron chi connectivity index (χ1n) is 4.62. The normalized spacial score (nSPS) is 12.2. The SMILES string of the molecule is Cc1ccc(C(=O)N[C@H](C)CO)cc1. The van der Waals surface area contributed by atoms with Gasteiger partial charge in [0.2, 0.25) is 0 Å². The minimum absolute atomic E-state index is 0.0440. The minimum Gasteiger partial charge on any atom is -0.394 e. The van der Waals surface area contributed by atoms with Crippen LogP contribution in [0.2, 0.25) is 0 Å². The van der Waals surface area contributed by atoms with Gasteiger partial charge in [0.15, 0.2) is 0 Å². The zero-order valence-electron chi connectivity index (χ0n) is 8.45. The van der Waals surface area contributed by atoms with E-state index in [1.807, 2.05) is 19.1 Å². The Morgan fingerprint density at radius 2 is 2.00 bits per heavy atom. The van der Waals surface area contributed by atoms with Crippen molar-refractivity contribution in [2.24, 2.45) is 0 Å². The van der Waals surface area contributed by atoms with Crippen molar-refractivity contribution in [1.82, 2.24) is 5.32 Å². The number of nitrogens with one attached hydrogen (secondary N) is 1. The maximum Gasteiger partial charge on any atom is 0.251 e. The van der Waals surface area contributed by atoms with Gasteiger partial charge < -0.3 is 10.4 Å². The van der Waals surface area contributed by atoms with Gasteiger partial charge in [-0.25, -0.2) is 0 Å². The lowest BCUT2D eigenvalue weighted by atomic mass is 10.1. The highest BCUT2D eigenvalue weighted by atomic mass is 16.3. The quantitative estimate of drug-likeness (QED) is 0.755. The average molecular weight is 193 g/mol. The summed E-state index contributed by atoms with van der Waals surface area (Å²) in [6, 6.07) is 7.12. The first-order chi connectivity index (χ1) is 6.63. The summed E-state index contributed by atoms with van der Waals surface area (Å²) in [7, 11) is 0. The fourth-order valence-electron chi connectivity index (χ4n) is 1.06. The molecule has 0 saturated carbocycles. The lowest BCUT2D eigenvalue weighted by molar-refractivity contribution is 0.0922. The molecule has 76 valence electrons. The Hall–Kier alpha value is -1.35. The summed E-state index contributed by atoms with van der Waals surface area (Å²) in [5.74, 6) is -0.147. The molecule has 0 aliphatic carbocycles. The van der Waals surface area contributed by atoms with Crippen LogP contribution in [0.5, 0.6) is 0 Å². The molecule has 0 bridgehead atoms. The van der Waals surface area contributed by atoms with Crippen LogP contribution in [-0.2, 0) is 0 Å². The van der Waals surface area contributed by atoms with Crippen LogP contribution in [0.4, 0.5) is 0 Å². The van der Waals surface area contributed by atoms with Gasteiger partial charge in [-0.1, -0.05) is 17.7 Å². The van der Waals surface area contributed by atoms with E-state index in [-0.39, 0.29) is 18.6 Å². The average Bonchev–Trinajstić information content (AvgIpc) is 2.18. The van der Waals surface area contributed by atoms with Crippen molar-refractivity contribution in [3.8, 4) is 0 Å². The molecule has 3 nitrogen and oxygen atoms in total. The van der Waals surface area contributed by atoms with Crippen molar-refractivity contribution in [1.29, 1.82) is 0 Å². The maximum absolute atomic E-state index is 11.5. The maximum atomic E-state index is 11.5. The van der Waals surface area contributed by atoms with E-state index in [4.69, 9.17) is 5.11 Å². The van der Waals surface area contributed by atoms with Gasteiger partial charge in [-0.15, -0.1) is 0 Å². The Labute approximate surface area is 83.8 Å². The Morgan fingerprint density at radius 3 is 2.50 bits per heavy atom. The van der Waals surface area contributed by atoms with Crippen molar-refractivity contribution in [2.75, 3.05) is 6.61 Å². The van der Waals surface area contributed by atoms with Gasteiger partial charge in [-0.3, -0.25) is 4.79 Å². The summed E-state index contributed by atoms with van der Waals surface area (Å²) in [5.41, 5.74) is 1.74. The Balaban J connectivity index is 2.65. The van der Waals surface area contributed by atoms with Gasteiger partial charge in [-0.2, -0.15) is 0 Å². The molecule has 0 heterocycles. The van der Waals surface area contributed by atoms with Crippen LogP contribution in [0.15, 0.2) is 24.3 Å². The van der Waals surface area contributed by atoms with Gasteiger partial charge in [0, 0.05) is 11.6 Å². The summed E-state index contributed by atoms with van der Waals surface area (Å²) in [5, 5.41) is 11.4. The molecule has 1 aromatic carbocycles. The molecule has 3 heteroatoms. The van der Waals surface area contributed by atoms with Gasteiger partial charge in [0.05, 0.1) is 6.61 Å². The molecule has 2 N–H and O–H groups in total. The van der Waals surface area contributed by atoms with Crippen LogP contribution in [0.25, 0.3) is 0 Å². The van der Waals surface area contributed by atoms with Crippen molar-refractivity contribution in [3.05, 3.63) is 35.4 Å². The predicted molar refractivity (Wildman–Crippen MR) is 55.2 cm³/mol. The molecule has 0 spiro atoms. The first kappa shape index (κ1) is 10.7. The topological polar surface area (TPSA) is 49.3 Å². The van der Waals surface area contributed by atoms with Gasteiger partial charge in [-0.05, 0) is 26.0 Å². The van der Waals surface area contributed by atoms with Gasteiger partial charge in [0.1, 0.15) is 0 Å². The predicted octanol–water partition coefficient (Wildman–Crippen LogP) is 1.11. The fourth-order valence-corrected chi connectivity index (χ4v) is 1.06. The van der Waals surface area contributed by atoms with Crippen molar-refractivity contribution < 1.29 is 9.90 Å². The highest BCUT2D eigenvalue weighted by Gasteiger charge is 2.07. The Kier molecular flexibility index (Phi) is 3.65. The van der Waals surface area contributed by atoms with Crippen molar-refractivity contribution >= 4 is 5.91 Å². The lowest BCUT2D eigenvalue weighted by Gasteiger charge is -2.10. The van der Waals surface area contributed by atoms with E-state index in [0.717, 1.165) is 5.56 Å².